The molecule has 4 aromatic rings. The lowest BCUT2D eigenvalue weighted by atomic mass is 10.1. The Morgan fingerprint density at radius 2 is 1.91 bits per heavy atom. The van der Waals surface area contributed by atoms with Crippen molar-refractivity contribution in [3.05, 3.63) is 88.7 Å². The normalized spacial score (nSPS) is 12.6. The fourth-order valence-electron chi connectivity index (χ4n) is 3.85. The van der Waals surface area contributed by atoms with Crippen molar-refractivity contribution in [1.29, 1.82) is 0 Å². The minimum absolute atomic E-state index is 0.111. The molecule has 0 atom stereocenters. The smallest absolute Gasteiger partial charge is 0.265 e. The van der Waals surface area contributed by atoms with Crippen molar-refractivity contribution in [1.82, 2.24) is 4.98 Å². The summed E-state index contributed by atoms with van der Waals surface area (Å²) in [5, 5.41) is 5.84. The highest BCUT2D eigenvalue weighted by atomic mass is 32.1. The summed E-state index contributed by atoms with van der Waals surface area (Å²) < 4.78 is 10.8. The van der Waals surface area contributed by atoms with Crippen molar-refractivity contribution in [2.75, 3.05) is 30.5 Å². The molecular formula is C27H23N3O4S. The van der Waals surface area contributed by atoms with Crippen LogP contribution in [0.2, 0.25) is 0 Å². The summed E-state index contributed by atoms with van der Waals surface area (Å²) >= 11 is 1.60. The first-order valence-electron chi connectivity index (χ1n) is 11.1. The van der Waals surface area contributed by atoms with Crippen LogP contribution in [-0.2, 0) is 16.0 Å². The van der Waals surface area contributed by atoms with E-state index in [2.05, 4.69) is 17.4 Å². The average molecular weight is 486 g/mol. The average Bonchev–Trinajstić information content (AvgIpc) is 3.35. The van der Waals surface area contributed by atoms with E-state index in [0.717, 1.165) is 22.7 Å². The molecule has 2 amide bonds. The van der Waals surface area contributed by atoms with E-state index in [-0.39, 0.29) is 25.0 Å². The number of hydrogen-bond acceptors (Lipinski definition) is 6. The maximum Gasteiger partial charge on any atom is 0.265 e. The number of nitrogens with one attached hydrogen (secondary N) is 1. The molecule has 7 nitrogen and oxygen atoms in total. The number of ether oxygens (including phenoxy) is 2. The Kier molecular flexibility index (Phi) is 6.45. The zero-order chi connectivity index (χ0) is 24.2. The van der Waals surface area contributed by atoms with Crippen LogP contribution in [-0.4, -0.2) is 37.1 Å². The number of nitrogens with zero attached hydrogens (tertiary/aromatic N) is 2. The number of fused-ring (bicyclic) bond motifs is 1. The zero-order valence-electron chi connectivity index (χ0n) is 19.1. The van der Waals surface area contributed by atoms with E-state index >= 15 is 0 Å². The molecule has 0 bridgehead atoms. The number of aromatic nitrogens is 1. The summed E-state index contributed by atoms with van der Waals surface area (Å²) in [6, 6.07) is 22.8. The first-order valence-corrected chi connectivity index (χ1v) is 12.0. The van der Waals surface area contributed by atoms with Crippen molar-refractivity contribution in [3.63, 3.8) is 0 Å². The van der Waals surface area contributed by atoms with Gasteiger partial charge >= 0.3 is 0 Å². The molecule has 0 saturated heterocycles. The van der Waals surface area contributed by atoms with Crippen LogP contribution >= 0.6 is 11.3 Å². The third-order valence-corrected chi connectivity index (χ3v) is 6.47. The highest BCUT2D eigenvalue weighted by Gasteiger charge is 2.28. The van der Waals surface area contributed by atoms with E-state index < -0.39 is 0 Å². The SMILES string of the molecule is COc1ccc(NC(=O)CN2C(=O)COc3ccc(-c4csc(Cc5ccccc5)n4)cc32)cc1. The van der Waals surface area contributed by atoms with E-state index in [1.54, 1.807) is 42.7 Å². The van der Waals surface area contributed by atoms with Gasteiger partial charge in [0.05, 0.1) is 23.5 Å². The van der Waals surface area contributed by atoms with E-state index in [4.69, 9.17) is 14.5 Å². The molecule has 0 spiro atoms. The largest absolute Gasteiger partial charge is 0.497 e. The van der Waals surface area contributed by atoms with Gasteiger partial charge in [-0.15, -0.1) is 11.3 Å². The summed E-state index contributed by atoms with van der Waals surface area (Å²) in [7, 11) is 1.58. The number of thiazole rings is 1. The van der Waals surface area contributed by atoms with Gasteiger partial charge in [0, 0.05) is 23.1 Å². The molecule has 0 unspecified atom stereocenters. The molecule has 1 aliphatic heterocycles. The van der Waals surface area contributed by atoms with Crippen molar-refractivity contribution in [2.45, 2.75) is 6.42 Å². The predicted octanol–water partition coefficient (Wildman–Crippen LogP) is 4.77. The number of carbonyl (C=O) groups excluding carboxylic acids is 2. The number of methoxy groups -OCH3 is 1. The molecule has 35 heavy (non-hydrogen) atoms. The highest BCUT2D eigenvalue weighted by Crippen LogP contribution is 2.36. The first kappa shape index (κ1) is 22.6. The van der Waals surface area contributed by atoms with Crippen LogP contribution in [0.3, 0.4) is 0 Å². The van der Waals surface area contributed by atoms with Gasteiger partial charge in [-0.05, 0) is 48.0 Å². The van der Waals surface area contributed by atoms with Crippen LogP contribution < -0.4 is 19.7 Å². The molecule has 0 fully saturated rings. The van der Waals surface area contributed by atoms with Crippen molar-refractivity contribution in [3.8, 4) is 22.8 Å². The van der Waals surface area contributed by atoms with Gasteiger partial charge < -0.3 is 14.8 Å². The van der Waals surface area contributed by atoms with E-state index in [1.807, 2.05) is 41.8 Å². The minimum Gasteiger partial charge on any atom is -0.497 e. The van der Waals surface area contributed by atoms with Crippen LogP contribution in [0.15, 0.2) is 78.2 Å². The van der Waals surface area contributed by atoms with Gasteiger partial charge in [0.1, 0.15) is 18.0 Å². The van der Waals surface area contributed by atoms with Gasteiger partial charge in [-0.3, -0.25) is 14.5 Å². The fraction of sp³-hybridized carbons (Fsp3) is 0.148. The molecule has 3 aromatic carbocycles. The quantitative estimate of drug-likeness (QED) is 0.408. The van der Waals surface area contributed by atoms with Gasteiger partial charge in [-0.1, -0.05) is 30.3 Å². The van der Waals surface area contributed by atoms with Crippen LogP contribution in [0, 0.1) is 0 Å². The summed E-state index contributed by atoms with van der Waals surface area (Å²) in [4.78, 5) is 31.7. The maximum absolute atomic E-state index is 12.7. The van der Waals surface area contributed by atoms with E-state index in [9.17, 15) is 9.59 Å². The lowest BCUT2D eigenvalue weighted by molar-refractivity contribution is -0.123. The zero-order valence-corrected chi connectivity index (χ0v) is 19.9. The molecule has 5 rings (SSSR count). The third-order valence-electron chi connectivity index (χ3n) is 5.62. The van der Waals surface area contributed by atoms with Gasteiger partial charge in [0.15, 0.2) is 6.61 Å². The lowest BCUT2D eigenvalue weighted by Gasteiger charge is -2.29. The summed E-state index contributed by atoms with van der Waals surface area (Å²) in [6.07, 6.45) is 0.760. The number of carbonyl (C=O) groups is 2. The second-order valence-corrected chi connectivity index (χ2v) is 8.96. The number of benzene rings is 3. The Labute approximate surface area is 207 Å². The number of rotatable bonds is 7. The molecule has 1 aliphatic rings. The van der Waals surface area contributed by atoms with E-state index in [1.165, 1.54) is 10.5 Å². The Morgan fingerprint density at radius 3 is 2.69 bits per heavy atom. The van der Waals surface area contributed by atoms with Crippen LogP contribution in [0.1, 0.15) is 10.6 Å². The van der Waals surface area contributed by atoms with Gasteiger partial charge in [0.2, 0.25) is 5.91 Å². The van der Waals surface area contributed by atoms with Gasteiger partial charge in [0.25, 0.3) is 5.91 Å². The van der Waals surface area contributed by atoms with Crippen molar-refractivity contribution < 1.29 is 19.1 Å². The number of anilines is 2. The Hall–Kier alpha value is -4.17. The van der Waals surface area contributed by atoms with Gasteiger partial charge in [-0.25, -0.2) is 4.98 Å². The number of amides is 2. The molecule has 1 aromatic heterocycles. The predicted molar refractivity (Wildman–Crippen MR) is 136 cm³/mol. The maximum atomic E-state index is 12.7. The molecular weight excluding hydrogens is 462 g/mol. The summed E-state index contributed by atoms with van der Waals surface area (Å²) in [5.74, 6) is 0.676. The molecule has 176 valence electrons. The Balaban J connectivity index is 1.34. The summed E-state index contributed by atoms with van der Waals surface area (Å²) in [6.45, 7) is -0.235. The fourth-order valence-corrected chi connectivity index (χ4v) is 4.69. The highest BCUT2D eigenvalue weighted by molar-refractivity contribution is 7.10. The van der Waals surface area contributed by atoms with Crippen LogP contribution in [0.4, 0.5) is 11.4 Å². The first-order chi connectivity index (χ1) is 17.1. The molecule has 0 aliphatic carbocycles. The molecule has 2 heterocycles. The standard InChI is InChI=1S/C27H23N3O4S/c1-33-21-10-8-20(9-11-21)28-25(31)15-30-23-14-19(7-12-24(23)34-16-27(30)32)22-17-35-26(29-22)13-18-5-3-2-4-6-18/h2-12,14,17H,13,15-16H2,1H3,(H,28,31). The second-order valence-electron chi connectivity index (χ2n) is 8.02. The van der Waals surface area contributed by atoms with Crippen LogP contribution in [0.25, 0.3) is 11.3 Å². The Morgan fingerprint density at radius 1 is 1.11 bits per heavy atom. The monoisotopic (exact) mass is 485 g/mol. The molecule has 8 heteroatoms. The summed E-state index contributed by atoms with van der Waals surface area (Å²) in [5.41, 5.74) is 4.06. The Bertz CT molecular complexity index is 1350. The third kappa shape index (κ3) is 5.17. The second kappa shape index (κ2) is 9.99. The van der Waals surface area contributed by atoms with Crippen LogP contribution in [0.5, 0.6) is 11.5 Å². The minimum atomic E-state index is -0.305. The molecule has 1 N–H and O–H groups in total. The van der Waals surface area contributed by atoms with Crippen molar-refractivity contribution >= 4 is 34.5 Å². The molecule has 0 radical (unpaired) electrons. The van der Waals surface area contributed by atoms with E-state index in [0.29, 0.717) is 22.9 Å². The number of hydrogen-bond donors (Lipinski definition) is 1. The van der Waals surface area contributed by atoms with Gasteiger partial charge in [-0.2, -0.15) is 0 Å². The topological polar surface area (TPSA) is 80.8 Å². The molecule has 0 saturated carbocycles. The van der Waals surface area contributed by atoms with Crippen molar-refractivity contribution in [2.24, 2.45) is 0 Å². The lowest BCUT2D eigenvalue weighted by Crippen LogP contribution is -2.43.